The Morgan fingerprint density at radius 2 is 1.91 bits per heavy atom. The van der Waals surface area contributed by atoms with E-state index in [1.807, 2.05) is 18.2 Å². The van der Waals surface area contributed by atoms with Gasteiger partial charge in [-0.3, -0.25) is 4.79 Å². The van der Waals surface area contributed by atoms with Crippen molar-refractivity contribution in [1.82, 2.24) is 10.2 Å². The summed E-state index contributed by atoms with van der Waals surface area (Å²) in [5.41, 5.74) is 2.04. The lowest BCUT2D eigenvalue weighted by atomic mass is 10.0. The first-order valence-corrected chi connectivity index (χ1v) is 8.07. The molecule has 0 spiro atoms. The first-order chi connectivity index (χ1) is 10.3. The maximum atomic E-state index is 11.2. The van der Waals surface area contributed by atoms with E-state index in [9.17, 15) is 4.79 Å². The summed E-state index contributed by atoms with van der Waals surface area (Å²) < 4.78 is 0. The van der Waals surface area contributed by atoms with Crippen LogP contribution < -0.4 is 10.6 Å². The van der Waals surface area contributed by atoms with Gasteiger partial charge in [0.1, 0.15) is 0 Å². The molecule has 0 saturated carbocycles. The lowest BCUT2D eigenvalue weighted by Gasteiger charge is -2.28. The standard InChI is InChI=1S/C18H31N3O/c1-13(2)10-18(21(5)6)12-19-14(3)16-8-7-9-17(11-16)20-15(4)22/h7-9,11,13-14,18-19H,10,12H2,1-6H3,(H,20,22). The minimum absolute atomic E-state index is 0.0395. The van der Waals surface area contributed by atoms with Gasteiger partial charge in [0.25, 0.3) is 0 Å². The summed E-state index contributed by atoms with van der Waals surface area (Å²) in [4.78, 5) is 13.4. The molecule has 4 nitrogen and oxygen atoms in total. The SMILES string of the molecule is CC(=O)Nc1cccc(C(C)NCC(CC(C)C)N(C)C)c1. The van der Waals surface area contributed by atoms with Gasteiger partial charge in [-0.05, 0) is 51.1 Å². The van der Waals surface area contributed by atoms with Gasteiger partial charge in [-0.25, -0.2) is 0 Å². The highest BCUT2D eigenvalue weighted by Crippen LogP contribution is 2.18. The average molecular weight is 305 g/mol. The van der Waals surface area contributed by atoms with Crippen molar-refractivity contribution >= 4 is 11.6 Å². The van der Waals surface area contributed by atoms with Crippen LogP contribution in [0.2, 0.25) is 0 Å². The number of anilines is 1. The molecular weight excluding hydrogens is 274 g/mol. The van der Waals surface area contributed by atoms with Gasteiger partial charge in [-0.2, -0.15) is 0 Å². The molecule has 2 N–H and O–H groups in total. The van der Waals surface area contributed by atoms with E-state index in [0.29, 0.717) is 12.0 Å². The van der Waals surface area contributed by atoms with Gasteiger partial charge in [0.05, 0.1) is 0 Å². The first kappa shape index (κ1) is 18.7. The molecule has 1 aromatic rings. The zero-order valence-electron chi connectivity index (χ0n) is 14.8. The van der Waals surface area contributed by atoms with Crippen molar-refractivity contribution in [2.24, 2.45) is 5.92 Å². The number of nitrogens with one attached hydrogen (secondary N) is 2. The quantitative estimate of drug-likeness (QED) is 0.775. The molecule has 0 aliphatic heterocycles. The van der Waals surface area contributed by atoms with Crippen LogP contribution in [0.3, 0.4) is 0 Å². The highest BCUT2D eigenvalue weighted by Gasteiger charge is 2.15. The second-order valence-corrected chi connectivity index (χ2v) is 6.68. The van der Waals surface area contributed by atoms with Crippen molar-refractivity contribution < 1.29 is 4.79 Å². The summed E-state index contributed by atoms with van der Waals surface area (Å²) >= 11 is 0. The van der Waals surface area contributed by atoms with Crippen molar-refractivity contribution in [3.05, 3.63) is 29.8 Å². The van der Waals surface area contributed by atoms with Gasteiger partial charge in [-0.1, -0.05) is 26.0 Å². The van der Waals surface area contributed by atoms with Crippen molar-refractivity contribution in [2.45, 2.75) is 46.2 Å². The van der Waals surface area contributed by atoms with Gasteiger partial charge in [0.2, 0.25) is 5.91 Å². The fraction of sp³-hybridized carbons (Fsp3) is 0.611. The molecule has 0 heterocycles. The normalized spacial score (nSPS) is 14.2. The van der Waals surface area contributed by atoms with E-state index in [1.165, 1.54) is 18.9 Å². The van der Waals surface area contributed by atoms with Gasteiger partial charge >= 0.3 is 0 Å². The van der Waals surface area contributed by atoms with Crippen LogP contribution in [0, 0.1) is 5.92 Å². The minimum atomic E-state index is -0.0395. The third-order valence-electron chi connectivity index (χ3n) is 3.84. The van der Waals surface area contributed by atoms with Crippen LogP contribution in [0.4, 0.5) is 5.69 Å². The Kier molecular flexibility index (Phi) is 7.56. The molecule has 0 aliphatic carbocycles. The van der Waals surface area contributed by atoms with Crippen LogP contribution in [0.1, 0.15) is 45.7 Å². The number of rotatable bonds is 8. The molecule has 1 amide bonds. The molecule has 22 heavy (non-hydrogen) atoms. The summed E-state index contributed by atoms with van der Waals surface area (Å²) in [5, 5.41) is 6.45. The molecule has 124 valence electrons. The maximum Gasteiger partial charge on any atom is 0.221 e. The monoisotopic (exact) mass is 305 g/mol. The molecule has 0 fully saturated rings. The molecule has 0 radical (unpaired) electrons. The Balaban J connectivity index is 2.63. The molecule has 1 aromatic carbocycles. The van der Waals surface area contributed by atoms with E-state index in [4.69, 9.17) is 0 Å². The third kappa shape index (κ3) is 6.58. The minimum Gasteiger partial charge on any atom is -0.326 e. The molecule has 1 rings (SSSR count). The van der Waals surface area contributed by atoms with E-state index in [2.05, 4.69) is 56.5 Å². The maximum absolute atomic E-state index is 11.2. The van der Waals surface area contributed by atoms with Gasteiger partial charge in [0, 0.05) is 31.2 Å². The van der Waals surface area contributed by atoms with Crippen LogP contribution in [0.25, 0.3) is 0 Å². The molecule has 0 bridgehead atoms. The van der Waals surface area contributed by atoms with E-state index >= 15 is 0 Å². The van der Waals surface area contributed by atoms with Crippen molar-refractivity contribution in [2.75, 3.05) is 26.0 Å². The Morgan fingerprint density at radius 3 is 2.45 bits per heavy atom. The number of carbonyl (C=O) groups excluding carboxylic acids is 1. The molecule has 0 aliphatic rings. The average Bonchev–Trinajstić information content (AvgIpc) is 2.42. The van der Waals surface area contributed by atoms with Crippen LogP contribution >= 0.6 is 0 Å². The topological polar surface area (TPSA) is 44.4 Å². The third-order valence-corrected chi connectivity index (χ3v) is 3.84. The number of nitrogens with zero attached hydrogens (tertiary/aromatic N) is 1. The summed E-state index contributed by atoms with van der Waals surface area (Å²) in [6, 6.07) is 8.81. The number of benzene rings is 1. The molecule has 0 saturated heterocycles. The molecular formula is C18H31N3O. The first-order valence-electron chi connectivity index (χ1n) is 8.07. The van der Waals surface area contributed by atoms with Crippen LogP contribution in [-0.4, -0.2) is 37.5 Å². The highest BCUT2D eigenvalue weighted by molar-refractivity contribution is 5.88. The second kappa shape index (κ2) is 8.91. The van der Waals surface area contributed by atoms with Gasteiger partial charge < -0.3 is 15.5 Å². The predicted octanol–water partition coefficient (Wildman–Crippen LogP) is 3.27. The van der Waals surface area contributed by atoms with Gasteiger partial charge in [0.15, 0.2) is 0 Å². The highest BCUT2D eigenvalue weighted by atomic mass is 16.1. The largest absolute Gasteiger partial charge is 0.326 e. The summed E-state index contributed by atoms with van der Waals surface area (Å²) in [6.45, 7) is 9.17. The molecule has 2 unspecified atom stereocenters. The number of amides is 1. The Labute approximate surface area is 135 Å². The number of likely N-dealkylation sites (N-methyl/N-ethyl adjacent to an activating group) is 1. The fourth-order valence-electron chi connectivity index (χ4n) is 2.54. The van der Waals surface area contributed by atoms with E-state index in [-0.39, 0.29) is 11.9 Å². The Hall–Kier alpha value is -1.39. The predicted molar refractivity (Wildman–Crippen MR) is 94.1 cm³/mol. The number of hydrogen-bond acceptors (Lipinski definition) is 3. The van der Waals surface area contributed by atoms with E-state index in [1.54, 1.807) is 0 Å². The summed E-state index contributed by atoms with van der Waals surface area (Å²) in [6.07, 6.45) is 1.18. The number of carbonyl (C=O) groups is 1. The lowest BCUT2D eigenvalue weighted by Crippen LogP contribution is -2.39. The summed E-state index contributed by atoms with van der Waals surface area (Å²) in [5.74, 6) is 0.648. The van der Waals surface area contributed by atoms with Gasteiger partial charge in [-0.15, -0.1) is 0 Å². The lowest BCUT2D eigenvalue weighted by molar-refractivity contribution is -0.114. The fourth-order valence-corrected chi connectivity index (χ4v) is 2.54. The van der Waals surface area contributed by atoms with E-state index in [0.717, 1.165) is 12.2 Å². The van der Waals surface area contributed by atoms with E-state index < -0.39 is 0 Å². The molecule has 4 heteroatoms. The second-order valence-electron chi connectivity index (χ2n) is 6.68. The van der Waals surface area contributed by atoms with Crippen molar-refractivity contribution in [3.63, 3.8) is 0 Å². The smallest absolute Gasteiger partial charge is 0.221 e. The number of hydrogen-bond donors (Lipinski definition) is 2. The zero-order valence-corrected chi connectivity index (χ0v) is 14.8. The van der Waals surface area contributed by atoms with Crippen molar-refractivity contribution in [3.8, 4) is 0 Å². The molecule has 2 atom stereocenters. The molecule has 0 aromatic heterocycles. The summed E-state index contributed by atoms with van der Waals surface area (Å²) in [7, 11) is 4.27. The van der Waals surface area contributed by atoms with Crippen LogP contribution in [0.5, 0.6) is 0 Å². The van der Waals surface area contributed by atoms with Crippen LogP contribution in [-0.2, 0) is 4.79 Å². The Morgan fingerprint density at radius 1 is 1.23 bits per heavy atom. The van der Waals surface area contributed by atoms with Crippen LogP contribution in [0.15, 0.2) is 24.3 Å². The Bertz CT molecular complexity index is 471. The zero-order chi connectivity index (χ0) is 16.7. The van der Waals surface area contributed by atoms with Crippen molar-refractivity contribution in [1.29, 1.82) is 0 Å².